The van der Waals surface area contributed by atoms with Crippen molar-refractivity contribution in [3.63, 3.8) is 0 Å². The van der Waals surface area contributed by atoms with Crippen LogP contribution in [0.5, 0.6) is 0 Å². The Bertz CT molecular complexity index is 262. The molecule has 0 saturated heterocycles. The number of nitrogens with zero attached hydrogens (tertiary/aromatic N) is 1. The Hall–Kier alpha value is -1.26. The summed E-state index contributed by atoms with van der Waals surface area (Å²) in [7, 11) is 0. The molecule has 0 saturated carbocycles. The first kappa shape index (κ1) is 16.7. The monoisotopic (exact) mass is 256 g/mol. The first-order valence-corrected chi connectivity index (χ1v) is 6.77. The van der Waals surface area contributed by atoms with Crippen LogP contribution < -0.4 is 16.0 Å². The fraction of sp³-hybridized carbons (Fsp3) is 0.846. The second kappa shape index (κ2) is 9.74. The Morgan fingerprint density at radius 2 is 1.83 bits per heavy atom. The number of amides is 1. The first-order chi connectivity index (χ1) is 8.45. The summed E-state index contributed by atoms with van der Waals surface area (Å²) in [5, 5.41) is 9.18. The summed E-state index contributed by atoms with van der Waals surface area (Å²) in [5.74, 6) is 1.38. The maximum atomic E-state index is 11.4. The van der Waals surface area contributed by atoms with Gasteiger partial charge in [-0.15, -0.1) is 0 Å². The van der Waals surface area contributed by atoms with Gasteiger partial charge in [0, 0.05) is 32.1 Å². The fourth-order valence-electron chi connectivity index (χ4n) is 1.30. The van der Waals surface area contributed by atoms with E-state index in [2.05, 4.69) is 34.8 Å². The van der Waals surface area contributed by atoms with Crippen LogP contribution >= 0.6 is 0 Å². The average molecular weight is 256 g/mol. The van der Waals surface area contributed by atoms with E-state index in [0.29, 0.717) is 18.9 Å². The Balaban J connectivity index is 3.96. The number of carbonyl (C=O) groups excluding carboxylic acids is 1. The molecular weight excluding hydrogens is 228 g/mol. The van der Waals surface area contributed by atoms with Crippen molar-refractivity contribution in [3.05, 3.63) is 0 Å². The number of aliphatic imine (C=N–C) groups is 1. The third-order valence-electron chi connectivity index (χ3n) is 2.05. The number of nitrogens with one attached hydrogen (secondary N) is 3. The largest absolute Gasteiger partial charge is 0.357 e. The van der Waals surface area contributed by atoms with E-state index in [1.54, 1.807) is 0 Å². The molecule has 0 unspecified atom stereocenters. The lowest BCUT2D eigenvalue weighted by Crippen LogP contribution is -2.40. The van der Waals surface area contributed by atoms with E-state index in [1.807, 2.05) is 20.8 Å². The molecule has 0 atom stereocenters. The maximum absolute atomic E-state index is 11.4. The molecule has 0 aliphatic heterocycles. The van der Waals surface area contributed by atoms with Crippen molar-refractivity contribution >= 4 is 11.9 Å². The van der Waals surface area contributed by atoms with Crippen LogP contribution in [-0.4, -0.2) is 37.5 Å². The van der Waals surface area contributed by atoms with Gasteiger partial charge in [0.1, 0.15) is 0 Å². The van der Waals surface area contributed by atoms with Gasteiger partial charge in [-0.25, -0.2) is 0 Å². The zero-order chi connectivity index (χ0) is 14.0. The smallest absolute Gasteiger partial charge is 0.221 e. The molecule has 3 N–H and O–H groups in total. The molecule has 0 aromatic heterocycles. The van der Waals surface area contributed by atoms with E-state index in [0.717, 1.165) is 19.0 Å². The summed E-state index contributed by atoms with van der Waals surface area (Å²) in [6.07, 6.45) is 0.463. The zero-order valence-electron chi connectivity index (χ0n) is 12.3. The molecule has 0 rings (SSSR count). The topological polar surface area (TPSA) is 65.5 Å². The molecule has 106 valence electrons. The normalized spacial score (nSPS) is 11.8. The second-order valence-electron chi connectivity index (χ2n) is 5.01. The summed E-state index contributed by atoms with van der Waals surface area (Å²) in [5.41, 5.74) is 0. The highest BCUT2D eigenvalue weighted by Crippen LogP contribution is 1.91. The third-order valence-corrected chi connectivity index (χ3v) is 2.05. The predicted molar refractivity (Wildman–Crippen MR) is 76.7 cm³/mol. The van der Waals surface area contributed by atoms with Crippen molar-refractivity contribution in [2.75, 3.05) is 19.6 Å². The second-order valence-corrected chi connectivity index (χ2v) is 5.01. The summed E-state index contributed by atoms with van der Waals surface area (Å²) in [6.45, 7) is 12.4. The summed E-state index contributed by atoms with van der Waals surface area (Å²) in [6, 6.07) is 0.195. The minimum Gasteiger partial charge on any atom is -0.357 e. The van der Waals surface area contributed by atoms with Crippen molar-refractivity contribution in [1.29, 1.82) is 0 Å². The zero-order valence-corrected chi connectivity index (χ0v) is 12.3. The molecule has 0 aliphatic rings. The van der Waals surface area contributed by atoms with E-state index >= 15 is 0 Å². The highest BCUT2D eigenvalue weighted by molar-refractivity contribution is 5.81. The minimum absolute atomic E-state index is 0.0669. The van der Waals surface area contributed by atoms with Crippen LogP contribution in [0.2, 0.25) is 0 Å². The van der Waals surface area contributed by atoms with Crippen LogP contribution in [-0.2, 0) is 4.79 Å². The Labute approximate surface area is 111 Å². The molecule has 18 heavy (non-hydrogen) atoms. The first-order valence-electron chi connectivity index (χ1n) is 6.77. The van der Waals surface area contributed by atoms with Crippen molar-refractivity contribution in [3.8, 4) is 0 Å². The number of hydrogen-bond acceptors (Lipinski definition) is 2. The molecule has 0 aliphatic carbocycles. The van der Waals surface area contributed by atoms with Gasteiger partial charge in [0.2, 0.25) is 5.91 Å². The highest BCUT2D eigenvalue weighted by Gasteiger charge is 2.03. The van der Waals surface area contributed by atoms with Gasteiger partial charge in [0.25, 0.3) is 0 Å². The van der Waals surface area contributed by atoms with Gasteiger partial charge in [-0.3, -0.25) is 9.79 Å². The van der Waals surface area contributed by atoms with Gasteiger partial charge in [-0.2, -0.15) is 0 Å². The Morgan fingerprint density at radius 3 is 2.33 bits per heavy atom. The van der Waals surface area contributed by atoms with Crippen LogP contribution in [0.15, 0.2) is 4.99 Å². The van der Waals surface area contributed by atoms with Gasteiger partial charge in [0.15, 0.2) is 5.96 Å². The number of guanidine groups is 1. The van der Waals surface area contributed by atoms with Crippen molar-refractivity contribution in [2.24, 2.45) is 10.9 Å². The molecular formula is C13H28N4O. The molecule has 5 heteroatoms. The maximum Gasteiger partial charge on any atom is 0.221 e. The highest BCUT2D eigenvalue weighted by atomic mass is 16.1. The van der Waals surface area contributed by atoms with Crippen LogP contribution in [0.25, 0.3) is 0 Å². The van der Waals surface area contributed by atoms with Gasteiger partial charge in [-0.1, -0.05) is 13.8 Å². The van der Waals surface area contributed by atoms with E-state index in [9.17, 15) is 4.79 Å². The molecule has 0 aromatic rings. The molecule has 5 nitrogen and oxygen atoms in total. The minimum atomic E-state index is 0.0669. The summed E-state index contributed by atoms with van der Waals surface area (Å²) >= 11 is 0. The van der Waals surface area contributed by atoms with Gasteiger partial charge < -0.3 is 16.0 Å². The quantitative estimate of drug-likeness (QED) is 0.472. The van der Waals surface area contributed by atoms with E-state index in [1.165, 1.54) is 0 Å². The predicted octanol–water partition coefficient (Wildman–Crippen LogP) is 1.11. The van der Waals surface area contributed by atoms with Crippen LogP contribution in [0.3, 0.4) is 0 Å². The van der Waals surface area contributed by atoms with Crippen LogP contribution in [0, 0.1) is 5.92 Å². The number of rotatable bonds is 7. The Morgan fingerprint density at radius 1 is 1.17 bits per heavy atom. The lowest BCUT2D eigenvalue weighted by atomic mass is 10.2. The van der Waals surface area contributed by atoms with Crippen molar-refractivity contribution in [2.45, 2.75) is 47.1 Å². The average Bonchev–Trinajstić information content (AvgIpc) is 2.24. The summed E-state index contributed by atoms with van der Waals surface area (Å²) < 4.78 is 0. The lowest BCUT2D eigenvalue weighted by molar-refractivity contribution is -0.121. The molecule has 0 spiro atoms. The van der Waals surface area contributed by atoms with E-state index < -0.39 is 0 Å². The molecule has 0 bridgehead atoms. The number of carbonyl (C=O) groups is 1. The van der Waals surface area contributed by atoms with Crippen molar-refractivity contribution in [1.82, 2.24) is 16.0 Å². The van der Waals surface area contributed by atoms with Gasteiger partial charge >= 0.3 is 0 Å². The molecule has 1 amide bonds. The Kier molecular flexibility index (Phi) is 9.06. The standard InChI is InChI=1S/C13H28N4O/c1-6-14-13(16-9-10(2)3)15-8-7-12(18)17-11(4)5/h10-11H,6-9H2,1-5H3,(H,17,18)(H2,14,15,16). The third kappa shape index (κ3) is 9.93. The van der Waals surface area contributed by atoms with Crippen LogP contribution in [0.4, 0.5) is 0 Å². The van der Waals surface area contributed by atoms with Crippen molar-refractivity contribution < 1.29 is 4.79 Å². The van der Waals surface area contributed by atoms with Gasteiger partial charge in [-0.05, 0) is 26.7 Å². The van der Waals surface area contributed by atoms with E-state index in [-0.39, 0.29) is 11.9 Å². The lowest BCUT2D eigenvalue weighted by Gasteiger charge is -2.12. The molecule has 0 aromatic carbocycles. The summed E-state index contributed by atoms with van der Waals surface area (Å²) in [4.78, 5) is 15.9. The SMILES string of the molecule is CCNC(=NCC(C)C)NCCC(=O)NC(C)C. The number of hydrogen-bond donors (Lipinski definition) is 3. The van der Waals surface area contributed by atoms with Crippen LogP contribution in [0.1, 0.15) is 41.0 Å². The fourth-order valence-corrected chi connectivity index (χ4v) is 1.30. The van der Waals surface area contributed by atoms with E-state index in [4.69, 9.17) is 0 Å². The molecule has 0 fully saturated rings. The molecule has 0 radical (unpaired) electrons. The van der Waals surface area contributed by atoms with Gasteiger partial charge in [0.05, 0.1) is 0 Å². The molecule has 0 heterocycles.